The first-order chi connectivity index (χ1) is 12.4. The molecule has 2 aromatic rings. The summed E-state index contributed by atoms with van der Waals surface area (Å²) in [5.74, 6) is -1.12. The summed E-state index contributed by atoms with van der Waals surface area (Å²) >= 11 is 0. The Bertz CT molecular complexity index is 831. The number of benzene rings is 2. The number of hydrogen-bond donors (Lipinski definition) is 2. The minimum atomic E-state index is -3.77. The minimum Gasteiger partial charge on any atom is -0.325 e. The Balaban J connectivity index is 2.10. The number of carbonyl (C=O) groups excluding carboxylic acids is 1. The SMILES string of the molecule is O=C(Nc1ccc(NS(=O)(=O)c2ccccc2)cc1)C(CF)(CF)CF. The van der Waals surface area contributed by atoms with Gasteiger partial charge in [0.15, 0.2) is 0 Å². The highest BCUT2D eigenvalue weighted by Crippen LogP contribution is 2.24. The molecule has 2 aromatic carbocycles. The van der Waals surface area contributed by atoms with E-state index in [9.17, 15) is 26.4 Å². The van der Waals surface area contributed by atoms with E-state index in [-0.39, 0.29) is 16.3 Å². The Morgan fingerprint density at radius 1 is 0.846 bits per heavy atom. The first-order valence-electron chi connectivity index (χ1n) is 7.54. The van der Waals surface area contributed by atoms with E-state index in [1.165, 1.54) is 36.4 Å². The highest BCUT2D eigenvalue weighted by Gasteiger charge is 2.39. The molecule has 140 valence electrons. The lowest BCUT2D eigenvalue weighted by Crippen LogP contribution is -2.42. The van der Waals surface area contributed by atoms with Gasteiger partial charge in [0.2, 0.25) is 5.91 Å². The molecule has 0 fully saturated rings. The molecule has 2 rings (SSSR count). The molecule has 9 heteroatoms. The number of alkyl halides is 3. The van der Waals surface area contributed by atoms with E-state index in [0.717, 1.165) is 0 Å². The summed E-state index contributed by atoms with van der Waals surface area (Å²) in [6.45, 7) is -4.41. The molecule has 0 radical (unpaired) electrons. The molecular formula is C17H17F3N2O3S. The fourth-order valence-corrected chi connectivity index (χ4v) is 3.07. The molecular weight excluding hydrogens is 369 g/mol. The molecule has 0 aliphatic rings. The van der Waals surface area contributed by atoms with Crippen LogP contribution >= 0.6 is 0 Å². The van der Waals surface area contributed by atoms with Crippen molar-refractivity contribution >= 4 is 27.3 Å². The fraction of sp³-hybridized carbons (Fsp3) is 0.235. The molecule has 0 aromatic heterocycles. The second kappa shape index (κ2) is 8.22. The largest absolute Gasteiger partial charge is 0.325 e. The molecule has 0 heterocycles. The van der Waals surface area contributed by atoms with Crippen molar-refractivity contribution in [3.05, 3.63) is 54.6 Å². The van der Waals surface area contributed by atoms with Crippen molar-refractivity contribution in [3.63, 3.8) is 0 Å². The van der Waals surface area contributed by atoms with Crippen molar-refractivity contribution in [2.24, 2.45) is 5.41 Å². The van der Waals surface area contributed by atoms with E-state index in [4.69, 9.17) is 0 Å². The van der Waals surface area contributed by atoms with Crippen molar-refractivity contribution in [1.29, 1.82) is 0 Å². The maximum absolute atomic E-state index is 12.9. The van der Waals surface area contributed by atoms with Gasteiger partial charge in [-0.25, -0.2) is 21.6 Å². The predicted molar refractivity (Wildman–Crippen MR) is 92.7 cm³/mol. The molecule has 0 aliphatic heterocycles. The van der Waals surface area contributed by atoms with E-state index < -0.39 is 41.4 Å². The third-order valence-electron chi connectivity index (χ3n) is 3.70. The molecule has 0 unspecified atom stereocenters. The fourth-order valence-electron chi connectivity index (χ4n) is 1.99. The Kier molecular flexibility index (Phi) is 6.25. The Morgan fingerprint density at radius 3 is 1.85 bits per heavy atom. The predicted octanol–water partition coefficient (Wildman–Crippen LogP) is 3.32. The summed E-state index contributed by atoms with van der Waals surface area (Å²) in [7, 11) is -3.77. The van der Waals surface area contributed by atoms with Crippen LogP contribution in [0.25, 0.3) is 0 Å². The number of anilines is 2. The van der Waals surface area contributed by atoms with Gasteiger partial charge < -0.3 is 5.32 Å². The topological polar surface area (TPSA) is 75.3 Å². The van der Waals surface area contributed by atoms with Gasteiger partial charge in [-0.1, -0.05) is 18.2 Å². The second-order valence-corrected chi connectivity index (χ2v) is 7.31. The number of halogens is 3. The summed E-state index contributed by atoms with van der Waals surface area (Å²) in [6, 6.07) is 13.1. The third kappa shape index (κ3) is 4.34. The normalized spacial score (nSPS) is 11.8. The second-order valence-electron chi connectivity index (χ2n) is 5.63. The van der Waals surface area contributed by atoms with Crippen molar-refractivity contribution in [2.45, 2.75) is 4.90 Å². The van der Waals surface area contributed by atoms with Crippen molar-refractivity contribution < 1.29 is 26.4 Å². The van der Waals surface area contributed by atoms with Crippen LogP contribution in [0.15, 0.2) is 59.5 Å². The zero-order chi connectivity index (χ0) is 19.2. The number of rotatable bonds is 8. The van der Waals surface area contributed by atoms with Crippen LogP contribution in [-0.2, 0) is 14.8 Å². The molecule has 0 spiro atoms. The summed E-state index contributed by atoms with van der Waals surface area (Å²) in [6.07, 6.45) is 0. The Hall–Kier alpha value is -2.55. The van der Waals surface area contributed by atoms with Crippen LogP contribution < -0.4 is 10.0 Å². The third-order valence-corrected chi connectivity index (χ3v) is 5.09. The molecule has 2 N–H and O–H groups in total. The quantitative estimate of drug-likeness (QED) is 0.731. The van der Waals surface area contributed by atoms with Gasteiger partial charge in [0, 0.05) is 11.4 Å². The molecule has 1 amide bonds. The molecule has 0 saturated carbocycles. The van der Waals surface area contributed by atoms with Gasteiger partial charge in [-0.2, -0.15) is 0 Å². The zero-order valence-corrected chi connectivity index (χ0v) is 14.4. The maximum Gasteiger partial charge on any atom is 0.261 e. The molecule has 0 bridgehead atoms. The van der Waals surface area contributed by atoms with Crippen molar-refractivity contribution in [1.82, 2.24) is 0 Å². The maximum atomic E-state index is 12.9. The average molecular weight is 386 g/mol. The molecule has 26 heavy (non-hydrogen) atoms. The number of hydrogen-bond acceptors (Lipinski definition) is 3. The van der Waals surface area contributed by atoms with Crippen LogP contribution in [0.4, 0.5) is 24.5 Å². The standard InChI is InChI=1S/C17H17F3N2O3S/c18-10-17(11-19,12-20)16(23)21-13-6-8-14(9-7-13)22-26(24,25)15-4-2-1-3-5-15/h1-9,22H,10-12H2,(H,21,23). The first kappa shape index (κ1) is 19.8. The van der Waals surface area contributed by atoms with E-state index in [1.807, 2.05) is 0 Å². The number of nitrogens with one attached hydrogen (secondary N) is 2. The van der Waals surface area contributed by atoms with Crippen molar-refractivity contribution in [3.8, 4) is 0 Å². The van der Waals surface area contributed by atoms with Crippen LogP contribution in [0.1, 0.15) is 0 Å². The van der Waals surface area contributed by atoms with Gasteiger partial charge in [0.25, 0.3) is 10.0 Å². The van der Waals surface area contributed by atoms with Gasteiger partial charge in [-0.05, 0) is 36.4 Å². The zero-order valence-electron chi connectivity index (χ0n) is 13.6. The number of carbonyl (C=O) groups is 1. The van der Waals surface area contributed by atoms with E-state index in [2.05, 4.69) is 10.0 Å². The van der Waals surface area contributed by atoms with Gasteiger partial charge in [-0.15, -0.1) is 0 Å². The molecule has 0 atom stereocenters. The van der Waals surface area contributed by atoms with E-state index in [1.54, 1.807) is 18.2 Å². The number of amides is 1. The van der Waals surface area contributed by atoms with Gasteiger partial charge >= 0.3 is 0 Å². The van der Waals surface area contributed by atoms with E-state index in [0.29, 0.717) is 0 Å². The average Bonchev–Trinajstić information content (AvgIpc) is 2.66. The summed E-state index contributed by atoms with van der Waals surface area (Å²) in [4.78, 5) is 12.0. The molecule has 5 nitrogen and oxygen atoms in total. The summed E-state index contributed by atoms with van der Waals surface area (Å²) < 4.78 is 65.4. The smallest absolute Gasteiger partial charge is 0.261 e. The minimum absolute atomic E-state index is 0.0796. The van der Waals surface area contributed by atoms with Crippen LogP contribution in [0.3, 0.4) is 0 Å². The molecule has 0 saturated heterocycles. The summed E-state index contributed by atoms with van der Waals surface area (Å²) in [5, 5.41) is 2.22. The van der Waals surface area contributed by atoms with Crippen LogP contribution in [0.2, 0.25) is 0 Å². The van der Waals surface area contributed by atoms with Crippen LogP contribution in [0, 0.1) is 5.41 Å². The van der Waals surface area contributed by atoms with Crippen molar-refractivity contribution in [2.75, 3.05) is 30.1 Å². The molecule has 0 aliphatic carbocycles. The van der Waals surface area contributed by atoms with E-state index >= 15 is 0 Å². The Labute approximate surface area is 149 Å². The van der Waals surface area contributed by atoms with Crippen LogP contribution in [-0.4, -0.2) is 34.3 Å². The number of sulfonamides is 1. The highest BCUT2D eigenvalue weighted by atomic mass is 32.2. The van der Waals surface area contributed by atoms with Gasteiger partial charge in [0.1, 0.15) is 25.4 Å². The lowest BCUT2D eigenvalue weighted by Gasteiger charge is -2.23. The highest BCUT2D eigenvalue weighted by molar-refractivity contribution is 7.92. The lowest BCUT2D eigenvalue weighted by molar-refractivity contribution is -0.128. The first-order valence-corrected chi connectivity index (χ1v) is 9.02. The Morgan fingerprint density at radius 2 is 1.35 bits per heavy atom. The van der Waals surface area contributed by atoms with Crippen LogP contribution in [0.5, 0.6) is 0 Å². The summed E-state index contributed by atoms with van der Waals surface area (Å²) in [5.41, 5.74) is -2.00. The monoisotopic (exact) mass is 386 g/mol. The van der Waals surface area contributed by atoms with Gasteiger partial charge in [-0.3, -0.25) is 9.52 Å². The van der Waals surface area contributed by atoms with Gasteiger partial charge in [0.05, 0.1) is 4.90 Å². The lowest BCUT2D eigenvalue weighted by atomic mass is 9.92.